The first-order chi connectivity index (χ1) is 9.60. The SMILES string of the molecule is COC1CNCC1NC(=O)/C(C)=C/c1ccc(F)cc1. The molecule has 0 aliphatic carbocycles. The molecule has 2 N–H and O–H groups in total. The fourth-order valence-electron chi connectivity index (χ4n) is 2.20. The lowest BCUT2D eigenvalue weighted by Crippen LogP contribution is -2.43. The van der Waals surface area contributed by atoms with E-state index in [1.54, 1.807) is 32.2 Å². The average molecular weight is 278 g/mol. The highest BCUT2D eigenvalue weighted by atomic mass is 19.1. The van der Waals surface area contributed by atoms with Gasteiger partial charge in [0.25, 0.3) is 0 Å². The second-order valence-corrected chi connectivity index (χ2v) is 4.89. The van der Waals surface area contributed by atoms with Gasteiger partial charge in [0, 0.05) is 25.8 Å². The van der Waals surface area contributed by atoms with Gasteiger partial charge in [-0.3, -0.25) is 4.79 Å². The van der Waals surface area contributed by atoms with Crippen molar-refractivity contribution in [3.63, 3.8) is 0 Å². The zero-order valence-electron chi connectivity index (χ0n) is 11.7. The van der Waals surface area contributed by atoms with Crippen LogP contribution in [-0.4, -0.2) is 38.3 Å². The first-order valence-electron chi connectivity index (χ1n) is 6.58. The number of methoxy groups -OCH3 is 1. The summed E-state index contributed by atoms with van der Waals surface area (Å²) in [6.07, 6.45) is 1.73. The van der Waals surface area contributed by atoms with E-state index < -0.39 is 0 Å². The average Bonchev–Trinajstić information content (AvgIpc) is 2.88. The third-order valence-electron chi connectivity index (χ3n) is 3.39. The van der Waals surface area contributed by atoms with Gasteiger partial charge in [-0.1, -0.05) is 12.1 Å². The van der Waals surface area contributed by atoms with E-state index in [0.29, 0.717) is 12.1 Å². The molecule has 1 saturated heterocycles. The molecular weight excluding hydrogens is 259 g/mol. The van der Waals surface area contributed by atoms with Crippen LogP contribution in [0.5, 0.6) is 0 Å². The van der Waals surface area contributed by atoms with Crippen LogP contribution in [-0.2, 0) is 9.53 Å². The van der Waals surface area contributed by atoms with E-state index in [9.17, 15) is 9.18 Å². The van der Waals surface area contributed by atoms with Crippen LogP contribution < -0.4 is 10.6 Å². The predicted molar refractivity (Wildman–Crippen MR) is 75.6 cm³/mol. The Morgan fingerprint density at radius 3 is 2.75 bits per heavy atom. The summed E-state index contributed by atoms with van der Waals surface area (Å²) < 4.78 is 18.1. The van der Waals surface area contributed by atoms with Gasteiger partial charge in [-0.15, -0.1) is 0 Å². The summed E-state index contributed by atoms with van der Waals surface area (Å²) in [6.45, 7) is 3.18. The third kappa shape index (κ3) is 3.65. The van der Waals surface area contributed by atoms with Gasteiger partial charge in [-0.2, -0.15) is 0 Å². The molecule has 0 saturated carbocycles. The number of nitrogens with one attached hydrogen (secondary N) is 2. The quantitative estimate of drug-likeness (QED) is 0.817. The molecule has 108 valence electrons. The van der Waals surface area contributed by atoms with E-state index in [0.717, 1.165) is 12.1 Å². The maximum atomic E-state index is 12.8. The van der Waals surface area contributed by atoms with Crippen molar-refractivity contribution < 1.29 is 13.9 Å². The van der Waals surface area contributed by atoms with Gasteiger partial charge in [0.1, 0.15) is 5.82 Å². The van der Waals surface area contributed by atoms with Crippen LogP contribution in [0.25, 0.3) is 6.08 Å². The minimum Gasteiger partial charge on any atom is -0.378 e. The van der Waals surface area contributed by atoms with Gasteiger partial charge in [-0.25, -0.2) is 4.39 Å². The minimum atomic E-state index is -0.288. The van der Waals surface area contributed by atoms with E-state index in [1.807, 2.05) is 0 Å². The highest BCUT2D eigenvalue weighted by molar-refractivity contribution is 5.97. The van der Waals surface area contributed by atoms with Crippen molar-refractivity contribution in [3.05, 3.63) is 41.2 Å². The molecule has 20 heavy (non-hydrogen) atoms. The maximum Gasteiger partial charge on any atom is 0.247 e. The zero-order chi connectivity index (χ0) is 14.5. The lowest BCUT2D eigenvalue weighted by atomic mass is 10.1. The van der Waals surface area contributed by atoms with Crippen LogP contribution >= 0.6 is 0 Å². The minimum absolute atomic E-state index is 0.00225. The molecule has 2 unspecified atom stereocenters. The molecule has 1 aliphatic rings. The number of rotatable bonds is 4. The standard InChI is InChI=1S/C15H19FN2O2/c1-10(7-11-3-5-12(16)6-4-11)15(19)18-13-8-17-9-14(13)20-2/h3-7,13-14,17H,8-9H2,1-2H3,(H,18,19)/b10-7+. The molecule has 1 aliphatic heterocycles. The Morgan fingerprint density at radius 1 is 1.40 bits per heavy atom. The van der Waals surface area contributed by atoms with Crippen LogP contribution in [0.4, 0.5) is 4.39 Å². The van der Waals surface area contributed by atoms with Gasteiger partial charge < -0.3 is 15.4 Å². The highest BCUT2D eigenvalue weighted by Crippen LogP contribution is 2.10. The van der Waals surface area contributed by atoms with Gasteiger partial charge >= 0.3 is 0 Å². The Kier molecular flexibility index (Phi) is 4.87. The van der Waals surface area contributed by atoms with E-state index in [-0.39, 0.29) is 23.9 Å². The van der Waals surface area contributed by atoms with E-state index in [1.165, 1.54) is 12.1 Å². The Morgan fingerprint density at radius 2 is 2.10 bits per heavy atom. The van der Waals surface area contributed by atoms with E-state index in [4.69, 9.17) is 4.74 Å². The smallest absolute Gasteiger partial charge is 0.247 e. The molecule has 1 aromatic rings. The molecule has 0 aromatic heterocycles. The first kappa shape index (κ1) is 14.7. The van der Waals surface area contributed by atoms with E-state index >= 15 is 0 Å². The number of halogens is 1. The number of carbonyl (C=O) groups is 1. The highest BCUT2D eigenvalue weighted by Gasteiger charge is 2.28. The van der Waals surface area contributed by atoms with Crippen LogP contribution in [0.15, 0.2) is 29.8 Å². The van der Waals surface area contributed by atoms with Crippen molar-refractivity contribution in [2.45, 2.75) is 19.1 Å². The number of hydrogen-bond donors (Lipinski definition) is 2. The molecule has 1 heterocycles. The molecule has 2 rings (SSSR count). The van der Waals surface area contributed by atoms with Crippen molar-refractivity contribution in [1.82, 2.24) is 10.6 Å². The molecule has 5 heteroatoms. The van der Waals surface area contributed by atoms with Crippen molar-refractivity contribution in [3.8, 4) is 0 Å². The lowest BCUT2D eigenvalue weighted by Gasteiger charge is -2.18. The van der Waals surface area contributed by atoms with Crippen molar-refractivity contribution in [2.24, 2.45) is 0 Å². The summed E-state index contributed by atoms with van der Waals surface area (Å²) in [5.74, 6) is -0.422. The second-order valence-electron chi connectivity index (χ2n) is 4.89. The molecule has 1 amide bonds. The number of benzene rings is 1. The second kappa shape index (κ2) is 6.63. The summed E-state index contributed by atoms with van der Waals surface area (Å²) in [5, 5.41) is 6.12. The Labute approximate surface area is 118 Å². The summed E-state index contributed by atoms with van der Waals surface area (Å²) >= 11 is 0. The monoisotopic (exact) mass is 278 g/mol. The molecule has 1 fully saturated rings. The molecule has 4 nitrogen and oxygen atoms in total. The summed E-state index contributed by atoms with van der Waals surface area (Å²) in [7, 11) is 1.64. The lowest BCUT2D eigenvalue weighted by molar-refractivity contribution is -0.118. The molecular formula is C15H19FN2O2. The third-order valence-corrected chi connectivity index (χ3v) is 3.39. The maximum absolute atomic E-state index is 12.8. The van der Waals surface area contributed by atoms with Crippen LogP contribution in [0, 0.1) is 5.82 Å². The largest absolute Gasteiger partial charge is 0.378 e. The predicted octanol–water partition coefficient (Wildman–Crippen LogP) is 1.33. The number of carbonyl (C=O) groups excluding carboxylic acids is 1. The number of amides is 1. The van der Waals surface area contributed by atoms with Crippen LogP contribution in [0.3, 0.4) is 0 Å². The van der Waals surface area contributed by atoms with Gasteiger partial charge in [-0.05, 0) is 30.7 Å². The normalized spacial score (nSPS) is 22.9. The van der Waals surface area contributed by atoms with Crippen molar-refractivity contribution >= 4 is 12.0 Å². The summed E-state index contributed by atoms with van der Waals surface area (Å²) in [5.41, 5.74) is 1.38. The van der Waals surface area contributed by atoms with Crippen molar-refractivity contribution in [1.29, 1.82) is 0 Å². The summed E-state index contributed by atoms with van der Waals surface area (Å²) in [6, 6.07) is 6.00. The van der Waals surface area contributed by atoms with Gasteiger partial charge in [0.05, 0.1) is 12.1 Å². The number of hydrogen-bond acceptors (Lipinski definition) is 3. The molecule has 2 atom stereocenters. The topological polar surface area (TPSA) is 50.4 Å². The van der Waals surface area contributed by atoms with Gasteiger partial charge in [0.15, 0.2) is 0 Å². The number of ether oxygens (including phenoxy) is 1. The van der Waals surface area contributed by atoms with Crippen LogP contribution in [0.1, 0.15) is 12.5 Å². The Hall–Kier alpha value is -1.72. The Bertz CT molecular complexity index is 499. The van der Waals surface area contributed by atoms with E-state index in [2.05, 4.69) is 10.6 Å². The zero-order valence-corrected chi connectivity index (χ0v) is 11.7. The first-order valence-corrected chi connectivity index (χ1v) is 6.58. The van der Waals surface area contributed by atoms with Crippen LogP contribution in [0.2, 0.25) is 0 Å². The summed E-state index contributed by atoms with van der Waals surface area (Å²) in [4.78, 5) is 12.1. The fourth-order valence-corrected chi connectivity index (χ4v) is 2.20. The Balaban J connectivity index is 1.99. The molecule has 1 aromatic carbocycles. The molecule has 0 bridgehead atoms. The van der Waals surface area contributed by atoms with Gasteiger partial charge in [0.2, 0.25) is 5.91 Å². The fraction of sp³-hybridized carbons (Fsp3) is 0.400. The molecule has 0 spiro atoms. The van der Waals surface area contributed by atoms with Crippen molar-refractivity contribution in [2.75, 3.05) is 20.2 Å². The molecule has 0 radical (unpaired) electrons.